The van der Waals surface area contributed by atoms with E-state index in [0.717, 1.165) is 16.8 Å². The first-order valence-electron chi connectivity index (χ1n) is 3.68. The quantitative estimate of drug-likeness (QED) is 0.723. The van der Waals surface area contributed by atoms with Crippen molar-refractivity contribution in [1.82, 2.24) is 20.2 Å². The van der Waals surface area contributed by atoms with Crippen LogP contribution >= 0.6 is 0 Å². The fourth-order valence-electron chi connectivity index (χ4n) is 1.04. The van der Waals surface area contributed by atoms with E-state index in [1.54, 1.807) is 0 Å². The minimum absolute atomic E-state index is 0.172. The third-order valence-corrected chi connectivity index (χ3v) is 1.64. The van der Waals surface area contributed by atoms with Gasteiger partial charge in [0.05, 0.1) is 0 Å². The van der Waals surface area contributed by atoms with Gasteiger partial charge in [-0.2, -0.15) is 4.68 Å². The van der Waals surface area contributed by atoms with Crippen molar-refractivity contribution >= 4 is 5.95 Å². The predicted octanol–water partition coefficient (Wildman–Crippen LogP) is 0.523. The lowest BCUT2D eigenvalue weighted by Gasteiger charge is -2.03. The van der Waals surface area contributed by atoms with Crippen molar-refractivity contribution < 1.29 is 8.78 Å². The number of hydrogen-bond acceptors (Lipinski definition) is 4. The molecule has 0 saturated heterocycles. The van der Waals surface area contributed by atoms with E-state index in [1.807, 2.05) is 0 Å². The van der Waals surface area contributed by atoms with Gasteiger partial charge in [-0.3, -0.25) is 0 Å². The maximum Gasteiger partial charge on any atom is 0.245 e. The molecule has 5 nitrogen and oxygen atoms in total. The monoisotopic (exact) mass is 197 g/mol. The number of hydrogen-bond donors (Lipinski definition) is 1. The van der Waals surface area contributed by atoms with Gasteiger partial charge in [-0.1, -0.05) is 11.2 Å². The van der Waals surface area contributed by atoms with Gasteiger partial charge in [0.2, 0.25) is 5.95 Å². The molecule has 1 aromatic heterocycles. The van der Waals surface area contributed by atoms with Crippen LogP contribution in [0.1, 0.15) is 0 Å². The largest absolute Gasteiger partial charge is 0.366 e. The van der Waals surface area contributed by atoms with Crippen LogP contribution in [0.5, 0.6) is 0 Å². The van der Waals surface area contributed by atoms with Gasteiger partial charge in [-0.25, -0.2) is 8.78 Å². The zero-order valence-corrected chi connectivity index (χ0v) is 6.85. The number of para-hydroxylation sites is 1. The highest BCUT2D eigenvalue weighted by Gasteiger charge is 2.14. The van der Waals surface area contributed by atoms with Crippen molar-refractivity contribution in [2.75, 3.05) is 5.73 Å². The smallest absolute Gasteiger partial charge is 0.245 e. The van der Waals surface area contributed by atoms with E-state index in [-0.39, 0.29) is 11.6 Å². The number of nitrogens with two attached hydrogens (primary N) is 1. The summed E-state index contributed by atoms with van der Waals surface area (Å²) >= 11 is 0. The summed E-state index contributed by atoms with van der Waals surface area (Å²) in [4.78, 5) is 0. The molecule has 0 fully saturated rings. The van der Waals surface area contributed by atoms with Gasteiger partial charge in [-0.05, 0) is 22.6 Å². The van der Waals surface area contributed by atoms with Crippen LogP contribution < -0.4 is 5.73 Å². The highest BCUT2D eigenvalue weighted by atomic mass is 19.1. The van der Waals surface area contributed by atoms with Gasteiger partial charge in [0.1, 0.15) is 5.69 Å². The molecule has 0 unspecified atom stereocenters. The molecule has 0 spiro atoms. The van der Waals surface area contributed by atoms with Crippen LogP contribution in [-0.4, -0.2) is 20.2 Å². The van der Waals surface area contributed by atoms with Crippen molar-refractivity contribution in [1.29, 1.82) is 0 Å². The normalized spacial score (nSPS) is 10.4. The topological polar surface area (TPSA) is 69.6 Å². The Hall–Kier alpha value is -2.05. The number of aromatic nitrogens is 4. The Bertz CT molecular complexity index is 447. The molecule has 0 aliphatic heterocycles. The van der Waals surface area contributed by atoms with E-state index in [4.69, 9.17) is 5.73 Å². The van der Waals surface area contributed by atoms with Crippen LogP contribution in [0.2, 0.25) is 0 Å². The zero-order valence-electron chi connectivity index (χ0n) is 6.85. The average molecular weight is 197 g/mol. The Labute approximate surface area is 77.1 Å². The van der Waals surface area contributed by atoms with Crippen LogP contribution in [0.25, 0.3) is 5.69 Å². The summed E-state index contributed by atoms with van der Waals surface area (Å²) in [5.74, 6) is -1.72. The summed E-state index contributed by atoms with van der Waals surface area (Å²) in [5, 5.41) is 9.86. The van der Waals surface area contributed by atoms with E-state index in [2.05, 4.69) is 15.5 Å². The number of nitrogen functional groups attached to an aromatic ring is 1. The van der Waals surface area contributed by atoms with E-state index >= 15 is 0 Å². The molecular weight excluding hydrogens is 192 g/mol. The first-order valence-corrected chi connectivity index (χ1v) is 3.68. The molecule has 0 amide bonds. The summed E-state index contributed by atoms with van der Waals surface area (Å²) in [6.07, 6.45) is 0. The van der Waals surface area contributed by atoms with Crippen LogP contribution in [0, 0.1) is 11.6 Å². The number of halogens is 2. The SMILES string of the molecule is Nc1nnnn1-c1c(F)cccc1F. The number of nitrogens with zero attached hydrogens (tertiary/aromatic N) is 4. The predicted molar refractivity (Wildman–Crippen MR) is 43.5 cm³/mol. The van der Waals surface area contributed by atoms with Gasteiger partial charge in [0.15, 0.2) is 11.6 Å². The van der Waals surface area contributed by atoms with Gasteiger partial charge in [0.25, 0.3) is 0 Å². The molecule has 2 aromatic rings. The van der Waals surface area contributed by atoms with Crippen molar-refractivity contribution in [3.8, 4) is 5.69 Å². The zero-order chi connectivity index (χ0) is 10.1. The summed E-state index contributed by atoms with van der Waals surface area (Å²) < 4.78 is 27.2. The lowest BCUT2D eigenvalue weighted by Crippen LogP contribution is -2.07. The molecular formula is C7H5F2N5. The number of tetrazole rings is 1. The molecule has 7 heteroatoms. The fraction of sp³-hybridized carbons (Fsp3) is 0. The van der Waals surface area contributed by atoms with Crippen molar-refractivity contribution in [3.05, 3.63) is 29.8 Å². The average Bonchev–Trinajstić information content (AvgIpc) is 2.52. The molecule has 0 bridgehead atoms. The lowest BCUT2D eigenvalue weighted by atomic mass is 10.3. The first kappa shape index (κ1) is 8.54. The van der Waals surface area contributed by atoms with Crippen LogP contribution in [0.3, 0.4) is 0 Å². The second-order valence-electron chi connectivity index (χ2n) is 2.52. The highest BCUT2D eigenvalue weighted by Crippen LogP contribution is 2.17. The summed E-state index contributed by atoms with van der Waals surface area (Å²) in [6.45, 7) is 0. The third-order valence-electron chi connectivity index (χ3n) is 1.64. The fourth-order valence-corrected chi connectivity index (χ4v) is 1.04. The highest BCUT2D eigenvalue weighted by molar-refractivity contribution is 5.38. The van der Waals surface area contributed by atoms with Crippen LogP contribution in [-0.2, 0) is 0 Å². The van der Waals surface area contributed by atoms with Crippen LogP contribution in [0.15, 0.2) is 18.2 Å². The summed E-state index contributed by atoms with van der Waals surface area (Å²) in [5.41, 5.74) is 4.92. The molecule has 14 heavy (non-hydrogen) atoms. The van der Waals surface area contributed by atoms with Crippen LogP contribution in [0.4, 0.5) is 14.7 Å². The Balaban J connectivity index is 2.68. The Morgan fingerprint density at radius 1 is 1.21 bits per heavy atom. The van der Waals surface area contributed by atoms with E-state index < -0.39 is 11.6 Å². The third kappa shape index (κ3) is 1.18. The maximum atomic E-state index is 13.2. The molecule has 0 atom stereocenters. The molecule has 0 aliphatic rings. The number of rotatable bonds is 1. The number of benzene rings is 1. The molecule has 2 rings (SSSR count). The second kappa shape index (κ2) is 3.02. The first-order chi connectivity index (χ1) is 6.70. The summed E-state index contributed by atoms with van der Waals surface area (Å²) in [6, 6.07) is 3.44. The molecule has 1 heterocycles. The minimum atomic E-state index is -0.774. The van der Waals surface area contributed by atoms with Gasteiger partial charge in [-0.15, -0.1) is 0 Å². The van der Waals surface area contributed by atoms with Gasteiger partial charge in [0, 0.05) is 0 Å². The summed E-state index contributed by atoms with van der Waals surface area (Å²) in [7, 11) is 0. The Kier molecular flexibility index (Phi) is 1.84. The molecule has 2 N–H and O–H groups in total. The molecule has 1 aromatic carbocycles. The maximum absolute atomic E-state index is 13.2. The van der Waals surface area contributed by atoms with Crippen molar-refractivity contribution in [3.63, 3.8) is 0 Å². The molecule has 0 radical (unpaired) electrons. The Morgan fingerprint density at radius 2 is 1.86 bits per heavy atom. The van der Waals surface area contributed by atoms with Crippen molar-refractivity contribution in [2.24, 2.45) is 0 Å². The van der Waals surface area contributed by atoms with Gasteiger partial charge < -0.3 is 5.73 Å². The standard InChI is InChI=1S/C7H5F2N5/c8-4-2-1-3-5(9)6(4)14-7(10)11-12-13-14/h1-3H,(H2,10,11,13). The number of anilines is 1. The molecule has 0 saturated carbocycles. The molecule has 0 aliphatic carbocycles. The Morgan fingerprint density at radius 3 is 2.36 bits per heavy atom. The lowest BCUT2D eigenvalue weighted by molar-refractivity contribution is 0.557. The van der Waals surface area contributed by atoms with E-state index in [0.29, 0.717) is 0 Å². The van der Waals surface area contributed by atoms with E-state index in [9.17, 15) is 8.78 Å². The van der Waals surface area contributed by atoms with Gasteiger partial charge >= 0.3 is 0 Å². The minimum Gasteiger partial charge on any atom is -0.366 e. The van der Waals surface area contributed by atoms with E-state index in [1.165, 1.54) is 6.07 Å². The second-order valence-corrected chi connectivity index (χ2v) is 2.52. The van der Waals surface area contributed by atoms with Crippen molar-refractivity contribution in [2.45, 2.75) is 0 Å². The molecule has 72 valence electrons.